The molecule has 2 atom stereocenters. The van der Waals surface area contributed by atoms with E-state index < -0.39 is 6.10 Å². The lowest BCUT2D eigenvalue weighted by Gasteiger charge is -2.19. The number of hydrogen-bond acceptors (Lipinski definition) is 2. The molecule has 0 radical (unpaired) electrons. The molecule has 1 aromatic carbocycles. The first-order valence-electron chi connectivity index (χ1n) is 4.72. The zero-order chi connectivity index (χ0) is 10.7. The minimum atomic E-state index is -0.506. The van der Waals surface area contributed by atoms with Gasteiger partial charge in [-0.05, 0) is 32.4 Å². The van der Waals surface area contributed by atoms with E-state index in [9.17, 15) is 9.50 Å². The van der Waals surface area contributed by atoms with Crippen molar-refractivity contribution in [3.63, 3.8) is 0 Å². The van der Waals surface area contributed by atoms with Gasteiger partial charge >= 0.3 is 0 Å². The molecule has 14 heavy (non-hydrogen) atoms. The highest BCUT2D eigenvalue weighted by Crippen LogP contribution is 2.20. The third-order valence-electron chi connectivity index (χ3n) is 2.32. The van der Waals surface area contributed by atoms with Crippen molar-refractivity contribution < 1.29 is 9.50 Å². The molecule has 0 amide bonds. The van der Waals surface area contributed by atoms with Crippen LogP contribution in [0.3, 0.4) is 0 Å². The first kappa shape index (κ1) is 11.0. The quantitative estimate of drug-likeness (QED) is 0.779. The van der Waals surface area contributed by atoms with Crippen molar-refractivity contribution >= 4 is 5.69 Å². The molecule has 0 aliphatic rings. The highest BCUT2D eigenvalue weighted by molar-refractivity contribution is 5.52. The molecule has 3 heteroatoms. The summed E-state index contributed by atoms with van der Waals surface area (Å²) >= 11 is 0. The maximum absolute atomic E-state index is 13.3. The number of aliphatic hydroxyl groups excluding tert-OH is 1. The Morgan fingerprint density at radius 3 is 2.50 bits per heavy atom. The lowest BCUT2D eigenvalue weighted by Crippen LogP contribution is -2.28. The largest absolute Gasteiger partial charge is 0.391 e. The van der Waals surface area contributed by atoms with E-state index in [1.54, 1.807) is 13.0 Å². The molecule has 1 rings (SSSR count). The van der Waals surface area contributed by atoms with Crippen molar-refractivity contribution in [3.05, 3.63) is 29.6 Å². The Hall–Kier alpha value is -1.09. The van der Waals surface area contributed by atoms with Crippen LogP contribution in [0.2, 0.25) is 0 Å². The zero-order valence-corrected chi connectivity index (χ0v) is 8.71. The maximum atomic E-state index is 13.3. The molecule has 0 heterocycles. The van der Waals surface area contributed by atoms with Gasteiger partial charge in [-0.15, -0.1) is 0 Å². The van der Waals surface area contributed by atoms with Crippen LogP contribution < -0.4 is 5.32 Å². The van der Waals surface area contributed by atoms with E-state index in [1.807, 2.05) is 19.9 Å². The van der Waals surface area contributed by atoms with Crippen LogP contribution in [0.4, 0.5) is 10.1 Å². The number of para-hydroxylation sites is 1. The second kappa shape index (κ2) is 4.42. The first-order chi connectivity index (χ1) is 6.52. The Kier molecular flexibility index (Phi) is 3.47. The summed E-state index contributed by atoms with van der Waals surface area (Å²) in [4.78, 5) is 0. The summed E-state index contributed by atoms with van der Waals surface area (Å²) in [7, 11) is 0. The molecule has 0 aliphatic carbocycles. The Morgan fingerprint density at radius 2 is 2.00 bits per heavy atom. The lowest BCUT2D eigenvalue weighted by molar-refractivity contribution is 0.177. The predicted molar refractivity (Wildman–Crippen MR) is 55.9 cm³/mol. The van der Waals surface area contributed by atoms with E-state index in [4.69, 9.17) is 0 Å². The van der Waals surface area contributed by atoms with Crippen molar-refractivity contribution in [2.75, 3.05) is 5.32 Å². The molecule has 0 spiro atoms. The van der Waals surface area contributed by atoms with Gasteiger partial charge < -0.3 is 10.4 Å². The van der Waals surface area contributed by atoms with Crippen LogP contribution in [0.25, 0.3) is 0 Å². The first-order valence-corrected chi connectivity index (χ1v) is 4.72. The summed E-state index contributed by atoms with van der Waals surface area (Å²) in [5.74, 6) is -0.280. The van der Waals surface area contributed by atoms with E-state index in [1.165, 1.54) is 6.07 Å². The SMILES string of the molecule is Cc1cccc(F)c1NC(C)C(C)O. The molecular weight excluding hydrogens is 181 g/mol. The summed E-state index contributed by atoms with van der Waals surface area (Å²) in [5.41, 5.74) is 1.32. The van der Waals surface area contributed by atoms with Crippen LogP contribution >= 0.6 is 0 Å². The molecule has 2 N–H and O–H groups in total. The van der Waals surface area contributed by atoms with Gasteiger partial charge in [0, 0.05) is 6.04 Å². The number of rotatable bonds is 3. The standard InChI is InChI=1S/C11H16FNO/c1-7-5-4-6-10(12)11(7)13-8(2)9(3)14/h4-6,8-9,13-14H,1-3H3. The van der Waals surface area contributed by atoms with Crippen molar-refractivity contribution in [1.29, 1.82) is 0 Å². The van der Waals surface area contributed by atoms with Gasteiger partial charge in [-0.1, -0.05) is 12.1 Å². The predicted octanol–water partition coefficient (Wildman–Crippen LogP) is 2.32. The van der Waals surface area contributed by atoms with Gasteiger partial charge in [0.1, 0.15) is 5.82 Å². The number of aliphatic hydroxyl groups is 1. The Labute approximate surface area is 83.8 Å². The second-order valence-electron chi connectivity index (χ2n) is 3.61. The van der Waals surface area contributed by atoms with E-state index >= 15 is 0 Å². The van der Waals surface area contributed by atoms with Gasteiger partial charge in [-0.2, -0.15) is 0 Å². The van der Waals surface area contributed by atoms with Crippen LogP contribution in [-0.2, 0) is 0 Å². The van der Waals surface area contributed by atoms with Gasteiger partial charge in [0.2, 0.25) is 0 Å². The summed E-state index contributed by atoms with van der Waals surface area (Å²) in [6, 6.07) is 4.75. The maximum Gasteiger partial charge on any atom is 0.146 e. The van der Waals surface area contributed by atoms with Gasteiger partial charge in [0.15, 0.2) is 0 Å². The zero-order valence-electron chi connectivity index (χ0n) is 8.71. The highest BCUT2D eigenvalue weighted by Gasteiger charge is 2.12. The fourth-order valence-corrected chi connectivity index (χ4v) is 1.16. The van der Waals surface area contributed by atoms with E-state index in [0.717, 1.165) is 5.56 Å². The van der Waals surface area contributed by atoms with Crippen molar-refractivity contribution in [2.45, 2.75) is 32.9 Å². The Morgan fingerprint density at radius 1 is 1.36 bits per heavy atom. The van der Waals surface area contributed by atoms with E-state index in [0.29, 0.717) is 5.69 Å². The molecule has 2 nitrogen and oxygen atoms in total. The third-order valence-corrected chi connectivity index (χ3v) is 2.32. The number of anilines is 1. The summed E-state index contributed by atoms with van der Waals surface area (Å²) < 4.78 is 13.3. The molecule has 0 fully saturated rings. The van der Waals surface area contributed by atoms with Crippen molar-refractivity contribution in [2.24, 2.45) is 0 Å². The van der Waals surface area contributed by atoms with Crippen molar-refractivity contribution in [1.82, 2.24) is 0 Å². The number of nitrogens with one attached hydrogen (secondary N) is 1. The molecule has 1 aromatic rings. The Bertz CT molecular complexity index is 292. The summed E-state index contributed by atoms with van der Waals surface area (Å²) in [6.45, 7) is 5.32. The van der Waals surface area contributed by atoms with Crippen LogP contribution in [-0.4, -0.2) is 17.3 Å². The molecule has 0 saturated heterocycles. The second-order valence-corrected chi connectivity index (χ2v) is 3.61. The smallest absolute Gasteiger partial charge is 0.146 e. The minimum absolute atomic E-state index is 0.161. The van der Waals surface area contributed by atoms with Gasteiger partial charge in [0.05, 0.1) is 11.8 Å². The molecule has 78 valence electrons. The number of benzene rings is 1. The van der Waals surface area contributed by atoms with Crippen LogP contribution in [0, 0.1) is 12.7 Å². The van der Waals surface area contributed by atoms with E-state index in [-0.39, 0.29) is 11.9 Å². The van der Waals surface area contributed by atoms with Crippen LogP contribution in [0.5, 0.6) is 0 Å². The van der Waals surface area contributed by atoms with E-state index in [2.05, 4.69) is 5.32 Å². The van der Waals surface area contributed by atoms with Crippen LogP contribution in [0.15, 0.2) is 18.2 Å². The average Bonchev–Trinajstić information content (AvgIpc) is 2.11. The molecule has 0 aromatic heterocycles. The normalized spacial score (nSPS) is 14.9. The summed E-state index contributed by atoms with van der Waals surface area (Å²) in [6.07, 6.45) is -0.506. The minimum Gasteiger partial charge on any atom is -0.391 e. The fourth-order valence-electron chi connectivity index (χ4n) is 1.16. The average molecular weight is 197 g/mol. The lowest BCUT2D eigenvalue weighted by atomic mass is 10.1. The summed E-state index contributed by atoms with van der Waals surface area (Å²) in [5, 5.41) is 12.2. The van der Waals surface area contributed by atoms with Gasteiger partial charge in [-0.3, -0.25) is 0 Å². The highest BCUT2D eigenvalue weighted by atomic mass is 19.1. The van der Waals surface area contributed by atoms with Gasteiger partial charge in [-0.25, -0.2) is 4.39 Å². The molecule has 0 bridgehead atoms. The fraction of sp³-hybridized carbons (Fsp3) is 0.455. The molecular formula is C11H16FNO. The van der Waals surface area contributed by atoms with Crippen LogP contribution in [0.1, 0.15) is 19.4 Å². The molecule has 0 aliphatic heterocycles. The molecule has 0 saturated carbocycles. The van der Waals surface area contributed by atoms with Crippen molar-refractivity contribution in [3.8, 4) is 0 Å². The number of hydrogen-bond donors (Lipinski definition) is 2. The number of aryl methyl sites for hydroxylation is 1. The Balaban J connectivity index is 2.85. The van der Waals surface area contributed by atoms with Gasteiger partial charge in [0.25, 0.3) is 0 Å². The monoisotopic (exact) mass is 197 g/mol. The third kappa shape index (κ3) is 2.45. The molecule has 2 unspecified atom stereocenters. The number of halogens is 1. The topological polar surface area (TPSA) is 32.3 Å².